The summed E-state index contributed by atoms with van der Waals surface area (Å²) in [5.74, 6) is 0. The van der Waals surface area contributed by atoms with Crippen LogP contribution in [-0.2, 0) is 13.0 Å². The van der Waals surface area contributed by atoms with Crippen LogP contribution in [-0.4, -0.2) is 7.05 Å². The summed E-state index contributed by atoms with van der Waals surface area (Å²) in [6.07, 6.45) is 5.40. The molecule has 0 saturated carbocycles. The van der Waals surface area contributed by atoms with Crippen LogP contribution >= 0.6 is 12.4 Å². The number of allylic oxidation sites excluding steroid dienone is 1. The number of nitrogens with one attached hydrogen (secondary N) is 1. The first-order valence-electron chi connectivity index (χ1n) is 7.74. The van der Waals surface area contributed by atoms with Crippen molar-refractivity contribution < 1.29 is 0 Å². The van der Waals surface area contributed by atoms with E-state index in [1.54, 1.807) is 0 Å². The Morgan fingerprint density at radius 3 is 2.39 bits per heavy atom. The molecule has 0 aliphatic rings. The highest BCUT2D eigenvalue weighted by atomic mass is 35.5. The van der Waals surface area contributed by atoms with E-state index in [2.05, 4.69) is 78.1 Å². The summed E-state index contributed by atoms with van der Waals surface area (Å²) in [5, 5.41) is 5.96. The molecule has 3 aromatic rings. The molecule has 0 radical (unpaired) electrons. The molecule has 0 unspecified atom stereocenters. The Hall–Kier alpha value is -2.09. The summed E-state index contributed by atoms with van der Waals surface area (Å²) in [5.41, 5.74) is 4.04. The van der Waals surface area contributed by atoms with Gasteiger partial charge >= 0.3 is 0 Å². The smallest absolute Gasteiger partial charge is 0.0211 e. The summed E-state index contributed by atoms with van der Waals surface area (Å²) in [6, 6.07) is 23.5. The van der Waals surface area contributed by atoms with Gasteiger partial charge in [0.25, 0.3) is 0 Å². The van der Waals surface area contributed by atoms with Crippen LogP contribution in [0.25, 0.3) is 16.8 Å². The third kappa shape index (κ3) is 4.22. The molecule has 0 fully saturated rings. The van der Waals surface area contributed by atoms with Crippen molar-refractivity contribution in [3.63, 3.8) is 0 Å². The van der Waals surface area contributed by atoms with Crippen molar-refractivity contribution in [3.05, 3.63) is 89.5 Å². The van der Waals surface area contributed by atoms with E-state index in [4.69, 9.17) is 0 Å². The van der Waals surface area contributed by atoms with Crippen molar-refractivity contribution >= 4 is 29.3 Å². The number of halogens is 1. The lowest BCUT2D eigenvalue weighted by Gasteiger charge is -2.11. The lowest BCUT2D eigenvalue weighted by atomic mass is 9.96. The number of rotatable bonds is 5. The molecular weight excluding hydrogens is 302 g/mol. The molecule has 0 aromatic heterocycles. The first-order chi connectivity index (χ1) is 10.9. The standard InChI is InChI=1S/C21H21N.ClH/c1-22-16-21-19(12-7-10-17-8-3-2-4-9-17)15-14-18-11-5-6-13-20(18)21;/h2-11,13-15,22H,12,16H2,1H3;1H. The largest absolute Gasteiger partial charge is 0.316 e. The summed E-state index contributed by atoms with van der Waals surface area (Å²) < 4.78 is 0. The first-order valence-corrected chi connectivity index (χ1v) is 7.74. The molecule has 2 heteroatoms. The van der Waals surface area contributed by atoms with Gasteiger partial charge in [-0.3, -0.25) is 0 Å². The van der Waals surface area contributed by atoms with Crippen LogP contribution in [0.2, 0.25) is 0 Å². The minimum atomic E-state index is 0. The van der Waals surface area contributed by atoms with E-state index in [0.29, 0.717) is 0 Å². The zero-order valence-corrected chi connectivity index (χ0v) is 14.1. The highest BCUT2D eigenvalue weighted by molar-refractivity contribution is 5.87. The Morgan fingerprint density at radius 2 is 1.61 bits per heavy atom. The van der Waals surface area contributed by atoms with Gasteiger partial charge in [0, 0.05) is 6.54 Å². The fourth-order valence-corrected chi connectivity index (χ4v) is 2.84. The Morgan fingerprint density at radius 1 is 0.870 bits per heavy atom. The zero-order chi connectivity index (χ0) is 15.2. The molecule has 0 amide bonds. The van der Waals surface area contributed by atoms with Gasteiger partial charge in [0.2, 0.25) is 0 Å². The maximum atomic E-state index is 3.30. The van der Waals surface area contributed by atoms with Crippen LogP contribution in [0.15, 0.2) is 72.8 Å². The van der Waals surface area contributed by atoms with Gasteiger partial charge in [-0.15, -0.1) is 12.4 Å². The predicted molar refractivity (Wildman–Crippen MR) is 103 cm³/mol. The Bertz CT molecular complexity index is 778. The van der Waals surface area contributed by atoms with Gasteiger partial charge in [-0.2, -0.15) is 0 Å². The zero-order valence-electron chi connectivity index (χ0n) is 13.3. The molecule has 3 aromatic carbocycles. The highest BCUT2D eigenvalue weighted by Crippen LogP contribution is 2.23. The molecule has 0 spiro atoms. The predicted octanol–water partition coefficient (Wildman–Crippen LogP) is 5.24. The topological polar surface area (TPSA) is 12.0 Å². The van der Waals surface area contributed by atoms with E-state index in [-0.39, 0.29) is 12.4 Å². The average Bonchev–Trinajstić information content (AvgIpc) is 2.58. The van der Waals surface area contributed by atoms with Crippen molar-refractivity contribution in [1.29, 1.82) is 0 Å². The summed E-state index contributed by atoms with van der Waals surface area (Å²) in [4.78, 5) is 0. The molecule has 0 bridgehead atoms. The van der Waals surface area contributed by atoms with E-state index >= 15 is 0 Å². The molecule has 1 nitrogen and oxygen atoms in total. The van der Waals surface area contributed by atoms with Gasteiger partial charge in [-0.05, 0) is 40.9 Å². The van der Waals surface area contributed by atoms with Gasteiger partial charge in [-0.25, -0.2) is 0 Å². The van der Waals surface area contributed by atoms with Crippen LogP contribution in [0.1, 0.15) is 16.7 Å². The lowest BCUT2D eigenvalue weighted by Crippen LogP contribution is -2.08. The van der Waals surface area contributed by atoms with E-state index in [1.165, 1.54) is 27.5 Å². The fourth-order valence-electron chi connectivity index (χ4n) is 2.84. The third-order valence-electron chi connectivity index (χ3n) is 3.94. The molecular formula is C21H22ClN. The molecule has 0 aliphatic carbocycles. The normalized spacial score (nSPS) is 10.8. The van der Waals surface area contributed by atoms with Gasteiger partial charge in [0.05, 0.1) is 0 Å². The minimum Gasteiger partial charge on any atom is -0.316 e. The van der Waals surface area contributed by atoms with E-state index in [0.717, 1.165) is 13.0 Å². The van der Waals surface area contributed by atoms with Crippen molar-refractivity contribution in [2.75, 3.05) is 7.05 Å². The SMILES string of the molecule is CNCc1c(CC=Cc2ccccc2)ccc2ccccc12.Cl. The van der Waals surface area contributed by atoms with Crippen LogP contribution in [0.3, 0.4) is 0 Å². The number of benzene rings is 3. The van der Waals surface area contributed by atoms with Gasteiger partial charge in [-0.1, -0.05) is 78.9 Å². The number of hydrogen-bond donors (Lipinski definition) is 1. The lowest BCUT2D eigenvalue weighted by molar-refractivity contribution is 0.815. The summed E-state index contributed by atoms with van der Waals surface area (Å²) in [6.45, 7) is 0.899. The molecule has 118 valence electrons. The molecule has 0 saturated heterocycles. The van der Waals surface area contributed by atoms with Crippen molar-refractivity contribution in [2.24, 2.45) is 0 Å². The van der Waals surface area contributed by atoms with E-state index in [9.17, 15) is 0 Å². The highest BCUT2D eigenvalue weighted by Gasteiger charge is 2.05. The molecule has 0 aliphatic heterocycles. The first kappa shape index (κ1) is 17.3. The van der Waals surface area contributed by atoms with Crippen LogP contribution in [0.4, 0.5) is 0 Å². The number of hydrogen-bond acceptors (Lipinski definition) is 1. The monoisotopic (exact) mass is 323 g/mol. The molecule has 1 N–H and O–H groups in total. The van der Waals surface area contributed by atoms with Crippen molar-refractivity contribution in [3.8, 4) is 0 Å². The molecule has 0 heterocycles. The molecule has 23 heavy (non-hydrogen) atoms. The minimum absolute atomic E-state index is 0. The van der Waals surface area contributed by atoms with Crippen molar-refractivity contribution in [1.82, 2.24) is 5.32 Å². The number of fused-ring (bicyclic) bond motifs is 1. The maximum Gasteiger partial charge on any atom is 0.0211 e. The van der Waals surface area contributed by atoms with Gasteiger partial charge in [0.1, 0.15) is 0 Å². The quantitative estimate of drug-likeness (QED) is 0.677. The van der Waals surface area contributed by atoms with Gasteiger partial charge < -0.3 is 5.32 Å². The Kier molecular flexibility index (Phi) is 6.40. The second-order valence-corrected chi connectivity index (χ2v) is 5.47. The molecule has 0 atom stereocenters. The van der Waals surface area contributed by atoms with E-state index in [1.807, 2.05) is 13.1 Å². The second-order valence-electron chi connectivity index (χ2n) is 5.47. The third-order valence-corrected chi connectivity index (χ3v) is 3.94. The fraction of sp³-hybridized carbons (Fsp3) is 0.143. The maximum absolute atomic E-state index is 3.30. The van der Waals surface area contributed by atoms with Crippen molar-refractivity contribution in [2.45, 2.75) is 13.0 Å². The summed E-state index contributed by atoms with van der Waals surface area (Å²) >= 11 is 0. The second kappa shape index (κ2) is 8.52. The summed E-state index contributed by atoms with van der Waals surface area (Å²) in [7, 11) is 2.01. The van der Waals surface area contributed by atoms with Crippen LogP contribution in [0, 0.1) is 0 Å². The van der Waals surface area contributed by atoms with Crippen LogP contribution < -0.4 is 5.32 Å². The van der Waals surface area contributed by atoms with Gasteiger partial charge in [0.15, 0.2) is 0 Å². The average molecular weight is 324 g/mol. The van der Waals surface area contributed by atoms with Crippen LogP contribution in [0.5, 0.6) is 0 Å². The molecule has 3 rings (SSSR count). The Balaban J connectivity index is 0.00000192. The Labute approximate surface area is 144 Å². The van der Waals surface area contributed by atoms with E-state index < -0.39 is 0 Å².